The topological polar surface area (TPSA) is 81.9 Å². The highest BCUT2D eigenvalue weighted by atomic mass is 79.9. The number of carbonyl (C=O) groups is 1. The summed E-state index contributed by atoms with van der Waals surface area (Å²) in [5.41, 5.74) is 4.86. The van der Waals surface area contributed by atoms with E-state index in [0.29, 0.717) is 16.5 Å². The van der Waals surface area contributed by atoms with Crippen LogP contribution in [0, 0.1) is 0 Å². The van der Waals surface area contributed by atoms with Crippen LogP contribution in [0.2, 0.25) is 0 Å². The van der Waals surface area contributed by atoms with Crippen molar-refractivity contribution in [3.05, 3.63) is 104 Å². The van der Waals surface area contributed by atoms with E-state index in [9.17, 15) is 15.0 Å². The Morgan fingerprint density at radius 2 is 1.57 bits per heavy atom. The number of halogens is 2. The molecule has 0 saturated carbocycles. The Morgan fingerprint density at radius 1 is 0.914 bits per heavy atom. The number of nitrogens with one attached hydrogen (secondary N) is 1. The molecule has 4 aromatic carbocycles. The Balaban J connectivity index is 0.00000167. The van der Waals surface area contributed by atoms with Crippen molar-refractivity contribution in [2.24, 2.45) is 5.10 Å². The predicted octanol–water partition coefficient (Wildman–Crippen LogP) is 7.28. The fourth-order valence-electron chi connectivity index (χ4n) is 3.61. The average molecular weight is 598 g/mol. The van der Waals surface area contributed by atoms with Crippen molar-refractivity contribution in [3.8, 4) is 11.5 Å². The minimum atomic E-state index is -0.448. The Labute approximate surface area is 221 Å². The maximum atomic E-state index is 13.1. The summed E-state index contributed by atoms with van der Waals surface area (Å²) in [7, 11) is 0. The summed E-state index contributed by atoms with van der Waals surface area (Å²) >= 11 is 6.35. The molecule has 35 heavy (non-hydrogen) atoms. The van der Waals surface area contributed by atoms with E-state index in [4.69, 9.17) is 0 Å². The molecule has 7 heteroatoms. The van der Waals surface area contributed by atoms with Gasteiger partial charge in [-0.25, -0.2) is 5.43 Å². The molecule has 4 aromatic rings. The number of carbonyl (C=O) groups excluding carboxylic acids is 1. The van der Waals surface area contributed by atoms with Gasteiger partial charge >= 0.3 is 0 Å². The highest BCUT2D eigenvalue weighted by Gasteiger charge is 2.21. The molecule has 0 fully saturated rings. The number of hydrogen-bond donors (Lipinski definition) is 3. The zero-order valence-corrected chi connectivity index (χ0v) is 22.5. The van der Waals surface area contributed by atoms with Gasteiger partial charge in [0.25, 0.3) is 0 Å². The highest BCUT2D eigenvalue weighted by Crippen LogP contribution is 2.40. The number of amides is 1. The zero-order chi connectivity index (χ0) is 25.4. The van der Waals surface area contributed by atoms with E-state index < -0.39 is 5.92 Å². The maximum absolute atomic E-state index is 13.1. The molecule has 3 N–H and O–H groups in total. The molecule has 0 aromatic heterocycles. The Bertz CT molecular complexity index is 1340. The second-order valence-corrected chi connectivity index (χ2v) is 9.19. The van der Waals surface area contributed by atoms with Gasteiger partial charge in [-0.2, -0.15) is 5.10 Å². The number of phenolic OH excluding ortho intramolecular Hbond substituents is 2. The monoisotopic (exact) mass is 596 g/mol. The molecule has 0 aliphatic heterocycles. The second kappa shape index (κ2) is 12.5. The second-order valence-electron chi connectivity index (χ2n) is 7.54. The number of nitrogens with zero attached hydrogens (tertiary/aromatic N) is 1. The van der Waals surface area contributed by atoms with Crippen LogP contribution in [0.5, 0.6) is 11.5 Å². The van der Waals surface area contributed by atoms with Gasteiger partial charge in [-0.05, 0) is 66.2 Å². The lowest BCUT2D eigenvalue weighted by molar-refractivity contribution is -0.122. The SMILES string of the molecule is CC.O=C(N/N=C\c1cc(Br)c(O)c(Br)c1O)C(Cc1ccc2ccccc2c1)c1ccccc1. The first-order valence-electron chi connectivity index (χ1n) is 11.2. The number of hydrazone groups is 1. The van der Waals surface area contributed by atoms with E-state index in [1.54, 1.807) is 0 Å². The molecule has 1 unspecified atom stereocenters. The lowest BCUT2D eigenvalue weighted by Crippen LogP contribution is -2.27. The Hall–Kier alpha value is -3.16. The summed E-state index contributed by atoms with van der Waals surface area (Å²) in [5, 5.41) is 26.4. The van der Waals surface area contributed by atoms with Crippen molar-refractivity contribution in [2.45, 2.75) is 26.2 Å². The number of hydrogen-bond acceptors (Lipinski definition) is 4. The summed E-state index contributed by atoms with van der Waals surface area (Å²) in [6.07, 6.45) is 1.85. The summed E-state index contributed by atoms with van der Waals surface area (Å²) in [5.74, 6) is -1.00. The van der Waals surface area contributed by atoms with E-state index in [2.05, 4.69) is 66.7 Å². The first-order valence-corrected chi connectivity index (χ1v) is 12.8. The van der Waals surface area contributed by atoms with Crippen molar-refractivity contribution >= 4 is 54.8 Å². The largest absolute Gasteiger partial charge is 0.506 e. The molecule has 5 nitrogen and oxygen atoms in total. The average Bonchev–Trinajstić information content (AvgIpc) is 2.90. The van der Waals surface area contributed by atoms with Crippen LogP contribution in [0.15, 0.2) is 92.9 Å². The van der Waals surface area contributed by atoms with Gasteiger partial charge in [0, 0.05) is 5.56 Å². The molecule has 180 valence electrons. The van der Waals surface area contributed by atoms with E-state index in [0.717, 1.165) is 21.9 Å². The fourth-order valence-corrected chi connectivity index (χ4v) is 4.76. The van der Waals surface area contributed by atoms with Gasteiger partial charge in [0.15, 0.2) is 0 Å². The summed E-state index contributed by atoms with van der Waals surface area (Å²) < 4.78 is 0.529. The van der Waals surface area contributed by atoms with Crippen molar-refractivity contribution in [1.82, 2.24) is 5.43 Å². The van der Waals surface area contributed by atoms with Crippen LogP contribution < -0.4 is 5.43 Å². The lowest BCUT2D eigenvalue weighted by Gasteiger charge is -2.16. The van der Waals surface area contributed by atoms with Crippen molar-refractivity contribution < 1.29 is 15.0 Å². The predicted molar refractivity (Wildman–Crippen MR) is 149 cm³/mol. The molecule has 1 atom stereocenters. The third-order valence-corrected chi connectivity index (χ3v) is 6.70. The normalized spacial score (nSPS) is 11.7. The third-order valence-electron chi connectivity index (χ3n) is 5.35. The molecule has 4 rings (SSSR count). The van der Waals surface area contributed by atoms with Gasteiger partial charge in [0.1, 0.15) is 16.0 Å². The van der Waals surface area contributed by atoms with E-state index in [1.165, 1.54) is 12.3 Å². The minimum absolute atomic E-state index is 0.117. The maximum Gasteiger partial charge on any atom is 0.247 e. The first-order chi connectivity index (χ1) is 16.9. The van der Waals surface area contributed by atoms with Crippen LogP contribution in [0.25, 0.3) is 10.8 Å². The molecule has 0 aliphatic carbocycles. The molecule has 0 saturated heterocycles. The number of rotatable bonds is 6. The number of fused-ring (bicyclic) bond motifs is 1. The molecule has 0 aliphatic rings. The molecular weight excluding hydrogens is 572 g/mol. The summed E-state index contributed by atoms with van der Waals surface area (Å²) in [6.45, 7) is 4.00. The van der Waals surface area contributed by atoms with Crippen LogP contribution in [0.1, 0.15) is 36.5 Å². The molecule has 0 spiro atoms. The van der Waals surface area contributed by atoms with Crippen LogP contribution in [-0.4, -0.2) is 22.3 Å². The minimum Gasteiger partial charge on any atom is -0.506 e. The van der Waals surface area contributed by atoms with Crippen molar-refractivity contribution in [1.29, 1.82) is 0 Å². The van der Waals surface area contributed by atoms with E-state index in [-0.39, 0.29) is 21.9 Å². The van der Waals surface area contributed by atoms with E-state index >= 15 is 0 Å². The quantitative estimate of drug-likeness (QED) is 0.161. The highest BCUT2D eigenvalue weighted by molar-refractivity contribution is 9.11. The van der Waals surface area contributed by atoms with Crippen LogP contribution in [0.3, 0.4) is 0 Å². The zero-order valence-electron chi connectivity index (χ0n) is 19.4. The molecule has 0 bridgehead atoms. The smallest absolute Gasteiger partial charge is 0.247 e. The van der Waals surface area contributed by atoms with Crippen LogP contribution >= 0.6 is 31.9 Å². The van der Waals surface area contributed by atoms with E-state index in [1.807, 2.05) is 62.4 Å². The number of benzene rings is 4. The molecular formula is C28H26Br2N2O3. The number of phenols is 2. The van der Waals surface area contributed by atoms with Crippen molar-refractivity contribution in [2.75, 3.05) is 0 Å². The lowest BCUT2D eigenvalue weighted by atomic mass is 9.90. The molecule has 0 heterocycles. The first kappa shape index (κ1) is 26.4. The number of aromatic hydroxyl groups is 2. The van der Waals surface area contributed by atoms with Crippen molar-refractivity contribution in [3.63, 3.8) is 0 Å². The van der Waals surface area contributed by atoms with Crippen LogP contribution in [-0.2, 0) is 11.2 Å². The van der Waals surface area contributed by atoms with Gasteiger partial charge in [0.05, 0.1) is 16.6 Å². The summed E-state index contributed by atoms with van der Waals surface area (Å²) in [4.78, 5) is 13.1. The van der Waals surface area contributed by atoms with Gasteiger partial charge < -0.3 is 10.2 Å². The molecule has 1 amide bonds. The van der Waals surface area contributed by atoms with Gasteiger partial charge in [-0.3, -0.25) is 4.79 Å². The fraction of sp³-hybridized carbons (Fsp3) is 0.143. The Kier molecular flexibility index (Phi) is 9.46. The van der Waals surface area contributed by atoms with Gasteiger partial charge in [0.2, 0.25) is 5.91 Å². The van der Waals surface area contributed by atoms with Gasteiger partial charge in [-0.1, -0.05) is 86.6 Å². The summed E-state index contributed by atoms with van der Waals surface area (Å²) in [6, 6.07) is 25.4. The Morgan fingerprint density at radius 3 is 2.29 bits per heavy atom. The molecule has 0 radical (unpaired) electrons. The third kappa shape index (κ3) is 6.50. The standard InChI is InChI=1S/C26H20Br2N2O3.C2H6/c27-22-14-20(24(31)23(28)25(22)32)15-29-30-26(33)21(18-7-2-1-3-8-18)13-16-10-11-17-6-4-5-9-19(17)12-16;1-2/h1-12,14-15,21,31-32H,13H2,(H,30,33);1-2H3/b29-15-;. The van der Waals surface area contributed by atoms with Crippen LogP contribution in [0.4, 0.5) is 0 Å². The van der Waals surface area contributed by atoms with Gasteiger partial charge in [-0.15, -0.1) is 0 Å².